The van der Waals surface area contributed by atoms with Gasteiger partial charge in [-0.3, -0.25) is 4.79 Å². The van der Waals surface area contributed by atoms with E-state index in [2.05, 4.69) is 17.4 Å². The number of quaternary nitrogens is 1. The summed E-state index contributed by atoms with van der Waals surface area (Å²) < 4.78 is 5.33. The summed E-state index contributed by atoms with van der Waals surface area (Å²) in [5.74, 6) is -0.0533. The van der Waals surface area contributed by atoms with E-state index in [9.17, 15) is 4.79 Å². The van der Waals surface area contributed by atoms with Crippen LogP contribution in [0.15, 0.2) is 30.3 Å². The van der Waals surface area contributed by atoms with Gasteiger partial charge in [-0.05, 0) is 13.8 Å². The fraction of sp³-hybridized carbons (Fsp3) is 0.500. The zero-order valence-corrected chi connectivity index (χ0v) is 10.4. The van der Waals surface area contributed by atoms with Gasteiger partial charge in [0.1, 0.15) is 12.0 Å². The van der Waals surface area contributed by atoms with E-state index in [0.29, 0.717) is 0 Å². The molecular formula is C14H20NO2+. The molecule has 0 bridgehead atoms. The molecule has 2 rings (SSSR count). The summed E-state index contributed by atoms with van der Waals surface area (Å²) in [6.07, 6.45) is 0.880. The number of hydrogen-bond acceptors (Lipinski definition) is 2. The van der Waals surface area contributed by atoms with Crippen LogP contribution in [-0.4, -0.2) is 18.6 Å². The van der Waals surface area contributed by atoms with Crippen molar-refractivity contribution < 1.29 is 14.8 Å². The molecular weight excluding hydrogens is 214 g/mol. The van der Waals surface area contributed by atoms with Gasteiger partial charge < -0.3 is 10.1 Å². The SMILES string of the molecule is CC(C)OC(=O)[C@@H]1CC[NH2+][C@@H]1c1ccccc1. The Balaban J connectivity index is 2.10. The van der Waals surface area contributed by atoms with Gasteiger partial charge in [0.15, 0.2) is 0 Å². The Kier molecular flexibility index (Phi) is 3.79. The number of rotatable bonds is 3. The third kappa shape index (κ3) is 2.86. The minimum absolute atomic E-state index is 0.000185. The number of benzene rings is 1. The van der Waals surface area contributed by atoms with Crippen LogP contribution < -0.4 is 5.32 Å². The van der Waals surface area contributed by atoms with E-state index in [0.717, 1.165) is 13.0 Å². The third-order valence-electron chi connectivity index (χ3n) is 3.17. The third-order valence-corrected chi connectivity index (χ3v) is 3.17. The van der Waals surface area contributed by atoms with Crippen molar-refractivity contribution in [2.75, 3.05) is 6.54 Å². The van der Waals surface area contributed by atoms with E-state index >= 15 is 0 Å². The first-order chi connectivity index (χ1) is 8.18. The number of carbonyl (C=O) groups is 1. The lowest BCUT2D eigenvalue weighted by atomic mass is 9.94. The highest BCUT2D eigenvalue weighted by molar-refractivity contribution is 5.73. The normalized spacial score (nSPS) is 23.9. The summed E-state index contributed by atoms with van der Waals surface area (Å²) >= 11 is 0. The lowest BCUT2D eigenvalue weighted by Crippen LogP contribution is -2.82. The molecule has 1 fully saturated rings. The maximum absolute atomic E-state index is 12.0. The molecule has 0 amide bonds. The molecule has 0 aromatic heterocycles. The maximum atomic E-state index is 12.0. The minimum atomic E-state index is -0.0531. The molecule has 0 unspecified atom stereocenters. The van der Waals surface area contributed by atoms with Gasteiger partial charge in [-0.2, -0.15) is 0 Å². The lowest BCUT2D eigenvalue weighted by Gasteiger charge is -2.17. The van der Waals surface area contributed by atoms with Crippen LogP contribution >= 0.6 is 0 Å². The molecule has 0 radical (unpaired) electrons. The van der Waals surface area contributed by atoms with Gasteiger partial charge in [0.05, 0.1) is 12.6 Å². The van der Waals surface area contributed by atoms with Crippen LogP contribution in [0, 0.1) is 5.92 Å². The molecule has 17 heavy (non-hydrogen) atoms. The Morgan fingerprint density at radius 3 is 2.71 bits per heavy atom. The number of hydrogen-bond donors (Lipinski definition) is 1. The number of esters is 1. The van der Waals surface area contributed by atoms with Crippen LogP contribution in [0.3, 0.4) is 0 Å². The van der Waals surface area contributed by atoms with Crippen molar-refractivity contribution in [3.8, 4) is 0 Å². The molecule has 1 aliphatic heterocycles. The fourth-order valence-corrected chi connectivity index (χ4v) is 2.43. The fourth-order valence-electron chi connectivity index (χ4n) is 2.43. The predicted molar refractivity (Wildman–Crippen MR) is 65.3 cm³/mol. The van der Waals surface area contributed by atoms with Gasteiger partial charge in [0, 0.05) is 12.0 Å². The Morgan fingerprint density at radius 2 is 2.06 bits per heavy atom. The standard InChI is InChI=1S/C14H19NO2/c1-10(2)17-14(16)12-8-9-15-13(12)11-6-4-3-5-7-11/h3-7,10,12-13,15H,8-9H2,1-2H3/p+1/t12-,13-/m1/s1. The molecule has 1 aromatic carbocycles. The zero-order valence-electron chi connectivity index (χ0n) is 10.4. The van der Waals surface area contributed by atoms with E-state index in [1.54, 1.807) is 0 Å². The molecule has 0 spiro atoms. The average molecular weight is 234 g/mol. The monoisotopic (exact) mass is 234 g/mol. The highest BCUT2D eigenvalue weighted by Gasteiger charge is 2.38. The zero-order chi connectivity index (χ0) is 12.3. The second-order valence-electron chi connectivity index (χ2n) is 4.84. The van der Waals surface area contributed by atoms with E-state index < -0.39 is 0 Å². The largest absolute Gasteiger partial charge is 0.463 e. The van der Waals surface area contributed by atoms with E-state index in [4.69, 9.17) is 4.74 Å². The van der Waals surface area contributed by atoms with Crippen LogP contribution in [0.1, 0.15) is 31.9 Å². The Labute approximate surface area is 102 Å². The predicted octanol–water partition coefficient (Wildman–Crippen LogP) is 1.26. The first kappa shape index (κ1) is 12.1. The van der Waals surface area contributed by atoms with Gasteiger partial charge in [-0.15, -0.1) is 0 Å². The summed E-state index contributed by atoms with van der Waals surface area (Å²) in [4.78, 5) is 12.0. The molecule has 1 heterocycles. The quantitative estimate of drug-likeness (QED) is 0.800. The molecule has 3 heteroatoms. The summed E-state index contributed by atoms with van der Waals surface area (Å²) in [6, 6.07) is 10.4. The molecule has 1 saturated heterocycles. The molecule has 1 aromatic rings. The molecule has 2 N–H and O–H groups in total. The van der Waals surface area contributed by atoms with Crippen molar-refractivity contribution in [2.45, 2.75) is 32.4 Å². The number of nitrogens with two attached hydrogens (primary N) is 1. The summed E-state index contributed by atoms with van der Waals surface area (Å²) in [7, 11) is 0. The number of ether oxygens (including phenoxy) is 1. The highest BCUT2D eigenvalue weighted by Crippen LogP contribution is 2.25. The molecule has 1 aliphatic rings. The van der Waals surface area contributed by atoms with Crippen LogP contribution in [0.4, 0.5) is 0 Å². The minimum Gasteiger partial charge on any atom is -0.463 e. The van der Waals surface area contributed by atoms with Crippen molar-refractivity contribution >= 4 is 5.97 Å². The van der Waals surface area contributed by atoms with Crippen LogP contribution in [0.5, 0.6) is 0 Å². The average Bonchev–Trinajstić information content (AvgIpc) is 2.78. The summed E-state index contributed by atoms with van der Waals surface area (Å²) in [6.45, 7) is 4.79. The second-order valence-corrected chi connectivity index (χ2v) is 4.84. The van der Waals surface area contributed by atoms with Crippen molar-refractivity contribution in [3.63, 3.8) is 0 Å². The van der Waals surface area contributed by atoms with Crippen molar-refractivity contribution in [3.05, 3.63) is 35.9 Å². The van der Waals surface area contributed by atoms with Gasteiger partial charge in [-0.25, -0.2) is 0 Å². The van der Waals surface area contributed by atoms with Gasteiger partial charge in [0.25, 0.3) is 0 Å². The Hall–Kier alpha value is -1.35. The first-order valence-corrected chi connectivity index (χ1v) is 6.27. The molecule has 2 atom stereocenters. The Morgan fingerprint density at radius 1 is 1.35 bits per heavy atom. The highest BCUT2D eigenvalue weighted by atomic mass is 16.5. The molecule has 3 nitrogen and oxygen atoms in total. The second kappa shape index (κ2) is 5.32. The first-order valence-electron chi connectivity index (χ1n) is 6.27. The summed E-state index contributed by atoms with van der Waals surface area (Å²) in [5, 5.41) is 2.24. The van der Waals surface area contributed by atoms with Crippen molar-refractivity contribution in [1.82, 2.24) is 0 Å². The van der Waals surface area contributed by atoms with E-state index in [1.807, 2.05) is 32.0 Å². The summed E-state index contributed by atoms with van der Waals surface area (Å²) in [5.41, 5.74) is 1.22. The molecule has 0 aliphatic carbocycles. The molecule has 92 valence electrons. The topological polar surface area (TPSA) is 42.9 Å². The van der Waals surface area contributed by atoms with Gasteiger partial charge in [-0.1, -0.05) is 30.3 Å². The number of carbonyl (C=O) groups excluding carboxylic acids is 1. The van der Waals surface area contributed by atoms with Gasteiger partial charge >= 0.3 is 5.97 Å². The smallest absolute Gasteiger partial charge is 0.315 e. The van der Waals surface area contributed by atoms with Crippen LogP contribution in [0.2, 0.25) is 0 Å². The van der Waals surface area contributed by atoms with E-state index in [-0.39, 0.29) is 24.0 Å². The maximum Gasteiger partial charge on any atom is 0.315 e. The lowest BCUT2D eigenvalue weighted by molar-refractivity contribution is -0.678. The van der Waals surface area contributed by atoms with Gasteiger partial charge in [0.2, 0.25) is 0 Å². The van der Waals surface area contributed by atoms with Crippen LogP contribution in [-0.2, 0) is 9.53 Å². The van der Waals surface area contributed by atoms with Crippen molar-refractivity contribution in [2.24, 2.45) is 5.92 Å². The van der Waals surface area contributed by atoms with Crippen molar-refractivity contribution in [1.29, 1.82) is 0 Å². The van der Waals surface area contributed by atoms with E-state index in [1.165, 1.54) is 5.56 Å². The van der Waals surface area contributed by atoms with Crippen LogP contribution in [0.25, 0.3) is 0 Å². The molecule has 0 saturated carbocycles. The Bertz CT molecular complexity index is 375.